The minimum Gasteiger partial charge on any atom is -0.481 e. The number of hydrogen-bond acceptors (Lipinski definition) is 4. The van der Waals surface area contributed by atoms with Crippen molar-refractivity contribution < 1.29 is 19.4 Å². The number of fused-ring (bicyclic) bond motifs is 1. The summed E-state index contributed by atoms with van der Waals surface area (Å²) in [6.45, 7) is 1.59. The minimum absolute atomic E-state index is 0.0879. The molecule has 1 aromatic heterocycles. The minimum atomic E-state index is -0.851. The van der Waals surface area contributed by atoms with Crippen molar-refractivity contribution in [2.75, 3.05) is 26.3 Å². The second-order valence-corrected chi connectivity index (χ2v) is 7.01. The molecule has 1 saturated carbocycles. The number of aliphatic carboxylic acids is 1. The molecule has 2 saturated heterocycles. The van der Waals surface area contributed by atoms with Gasteiger partial charge in [-0.25, -0.2) is 0 Å². The Morgan fingerprint density at radius 3 is 2.87 bits per heavy atom. The number of carboxylic acid groups (broad SMARTS) is 1. The van der Waals surface area contributed by atoms with Crippen LogP contribution in [0.3, 0.4) is 0 Å². The first kappa shape index (κ1) is 14.7. The van der Waals surface area contributed by atoms with Gasteiger partial charge in [0.1, 0.15) is 0 Å². The first-order valence-corrected chi connectivity index (χ1v) is 8.15. The Morgan fingerprint density at radius 2 is 2.22 bits per heavy atom. The van der Waals surface area contributed by atoms with Gasteiger partial charge in [0, 0.05) is 38.6 Å². The van der Waals surface area contributed by atoms with Gasteiger partial charge in [-0.1, -0.05) is 0 Å². The highest BCUT2D eigenvalue weighted by Gasteiger charge is 2.55. The molecule has 3 aliphatic rings. The fraction of sp³-hybridized carbons (Fsp3) is 0.688. The normalized spacial score (nSPS) is 30.3. The van der Waals surface area contributed by atoms with Crippen molar-refractivity contribution in [1.82, 2.24) is 14.7 Å². The van der Waals surface area contributed by atoms with Crippen LogP contribution >= 0.6 is 0 Å². The van der Waals surface area contributed by atoms with E-state index in [-0.39, 0.29) is 18.4 Å². The molecule has 0 unspecified atom stereocenters. The summed E-state index contributed by atoms with van der Waals surface area (Å²) in [6, 6.07) is 0. The van der Waals surface area contributed by atoms with Crippen LogP contribution in [0.4, 0.5) is 0 Å². The van der Waals surface area contributed by atoms with Gasteiger partial charge >= 0.3 is 5.97 Å². The van der Waals surface area contributed by atoms with Crippen LogP contribution in [-0.2, 0) is 16.6 Å². The first-order valence-electron chi connectivity index (χ1n) is 8.15. The van der Waals surface area contributed by atoms with Crippen LogP contribution in [0.5, 0.6) is 0 Å². The Hall–Kier alpha value is -1.89. The number of hydrogen-bond donors (Lipinski definition) is 1. The largest absolute Gasteiger partial charge is 0.481 e. The molecule has 2 atom stereocenters. The van der Waals surface area contributed by atoms with E-state index in [1.54, 1.807) is 15.8 Å². The summed E-state index contributed by atoms with van der Waals surface area (Å²) >= 11 is 0. The number of aryl methyl sites for hydroxylation is 1. The molecular weight excluding hydrogens is 298 g/mol. The highest BCUT2D eigenvalue weighted by Crippen LogP contribution is 2.45. The van der Waals surface area contributed by atoms with E-state index in [0.29, 0.717) is 37.7 Å². The number of carbonyl (C=O) groups is 2. The summed E-state index contributed by atoms with van der Waals surface area (Å²) in [5.74, 6) is -0.605. The number of carboxylic acids is 1. The topological polar surface area (TPSA) is 84.7 Å². The lowest BCUT2D eigenvalue weighted by Gasteiger charge is -2.33. The van der Waals surface area contributed by atoms with Gasteiger partial charge in [0.25, 0.3) is 5.91 Å². The van der Waals surface area contributed by atoms with Gasteiger partial charge in [-0.05, 0) is 19.3 Å². The van der Waals surface area contributed by atoms with Crippen LogP contribution in [0.1, 0.15) is 41.2 Å². The van der Waals surface area contributed by atoms with Crippen molar-refractivity contribution in [3.05, 3.63) is 17.5 Å². The maximum atomic E-state index is 13.0. The van der Waals surface area contributed by atoms with Crippen molar-refractivity contribution in [3.63, 3.8) is 0 Å². The lowest BCUT2D eigenvalue weighted by Crippen LogP contribution is -2.45. The monoisotopic (exact) mass is 319 g/mol. The van der Waals surface area contributed by atoms with Gasteiger partial charge in [-0.15, -0.1) is 0 Å². The highest BCUT2D eigenvalue weighted by atomic mass is 16.5. The number of ether oxygens (including phenoxy) is 1. The zero-order valence-electron chi connectivity index (χ0n) is 13.2. The number of likely N-dealkylation sites (tertiary alicyclic amines) is 1. The van der Waals surface area contributed by atoms with Crippen molar-refractivity contribution in [1.29, 1.82) is 0 Å². The maximum Gasteiger partial charge on any atom is 0.311 e. The molecular formula is C16H21N3O4. The van der Waals surface area contributed by atoms with Gasteiger partial charge in [0.15, 0.2) is 0 Å². The van der Waals surface area contributed by atoms with Crippen molar-refractivity contribution in [2.45, 2.75) is 25.2 Å². The lowest BCUT2D eigenvalue weighted by atomic mass is 9.74. The Balaban J connectivity index is 1.62. The summed E-state index contributed by atoms with van der Waals surface area (Å²) in [6.07, 6.45) is 4.28. The Kier molecular flexibility index (Phi) is 3.23. The molecule has 3 heterocycles. The molecule has 0 spiro atoms. The van der Waals surface area contributed by atoms with Gasteiger partial charge in [0.05, 0.1) is 29.5 Å². The summed E-state index contributed by atoms with van der Waals surface area (Å²) in [5, 5.41) is 14.0. The number of rotatable bonds is 3. The standard InChI is InChI=1S/C16H21N3O4/c1-18-13(10-2-3-10)12(6-17-18)14(20)19-7-11-8-23-5-4-16(11,9-19)15(21)22/h6,10-11H,2-5,7-9H2,1H3,(H,21,22)/t11-,16+/m0/s1. The number of aromatic nitrogens is 2. The average molecular weight is 319 g/mol. The zero-order valence-corrected chi connectivity index (χ0v) is 13.2. The molecule has 1 amide bonds. The Morgan fingerprint density at radius 1 is 1.43 bits per heavy atom. The first-order chi connectivity index (χ1) is 11.0. The van der Waals surface area contributed by atoms with Crippen LogP contribution in [0.2, 0.25) is 0 Å². The third kappa shape index (κ3) is 2.17. The summed E-state index contributed by atoms with van der Waals surface area (Å²) in [5.41, 5.74) is 0.774. The summed E-state index contributed by atoms with van der Waals surface area (Å²) in [7, 11) is 1.86. The second kappa shape index (κ2) is 5.06. The molecule has 0 aromatic carbocycles. The molecule has 0 radical (unpaired) electrons. The SMILES string of the molecule is Cn1ncc(C(=O)N2C[C@H]3COCC[C@@]3(C(=O)O)C2)c1C1CC1. The van der Waals surface area contributed by atoms with Crippen molar-refractivity contribution in [3.8, 4) is 0 Å². The quantitative estimate of drug-likeness (QED) is 0.893. The number of nitrogens with zero attached hydrogens (tertiary/aromatic N) is 3. The van der Waals surface area contributed by atoms with E-state index in [1.165, 1.54) is 0 Å². The van der Waals surface area contributed by atoms with E-state index in [1.807, 2.05) is 7.05 Å². The summed E-state index contributed by atoms with van der Waals surface area (Å²) in [4.78, 5) is 26.5. The molecule has 1 aliphatic carbocycles. The maximum absolute atomic E-state index is 13.0. The molecule has 4 rings (SSSR count). The third-order valence-corrected chi connectivity index (χ3v) is 5.60. The molecule has 0 bridgehead atoms. The van der Waals surface area contributed by atoms with Gasteiger partial charge in [-0.2, -0.15) is 5.10 Å². The van der Waals surface area contributed by atoms with E-state index >= 15 is 0 Å². The van der Waals surface area contributed by atoms with Gasteiger partial charge < -0.3 is 14.7 Å². The number of amides is 1. The van der Waals surface area contributed by atoms with E-state index in [0.717, 1.165) is 18.5 Å². The highest BCUT2D eigenvalue weighted by molar-refractivity contribution is 5.96. The number of carbonyl (C=O) groups excluding carboxylic acids is 1. The third-order valence-electron chi connectivity index (χ3n) is 5.60. The second-order valence-electron chi connectivity index (χ2n) is 7.01. The van der Waals surface area contributed by atoms with Crippen LogP contribution in [0.15, 0.2) is 6.20 Å². The molecule has 3 fully saturated rings. The van der Waals surface area contributed by atoms with Crippen LogP contribution in [0.25, 0.3) is 0 Å². The Bertz CT molecular complexity index is 666. The smallest absolute Gasteiger partial charge is 0.311 e. The molecule has 7 heteroatoms. The van der Waals surface area contributed by atoms with Gasteiger partial charge in [-0.3, -0.25) is 14.3 Å². The van der Waals surface area contributed by atoms with Crippen LogP contribution in [-0.4, -0.2) is 58.0 Å². The lowest BCUT2D eigenvalue weighted by molar-refractivity contribution is -0.157. The fourth-order valence-corrected chi connectivity index (χ4v) is 4.08. The average Bonchev–Trinajstić information content (AvgIpc) is 3.16. The van der Waals surface area contributed by atoms with E-state index in [2.05, 4.69) is 5.10 Å². The molecule has 124 valence electrons. The molecule has 1 N–H and O–H groups in total. The van der Waals surface area contributed by atoms with E-state index < -0.39 is 11.4 Å². The zero-order chi connectivity index (χ0) is 16.2. The van der Waals surface area contributed by atoms with E-state index in [4.69, 9.17) is 4.74 Å². The summed E-state index contributed by atoms with van der Waals surface area (Å²) < 4.78 is 7.23. The van der Waals surface area contributed by atoms with Crippen LogP contribution in [0, 0.1) is 11.3 Å². The van der Waals surface area contributed by atoms with Crippen molar-refractivity contribution in [2.24, 2.45) is 18.4 Å². The molecule has 7 nitrogen and oxygen atoms in total. The van der Waals surface area contributed by atoms with E-state index in [9.17, 15) is 14.7 Å². The predicted molar refractivity (Wildman–Crippen MR) is 80.1 cm³/mol. The van der Waals surface area contributed by atoms with Crippen molar-refractivity contribution >= 4 is 11.9 Å². The Labute approximate surface area is 134 Å². The van der Waals surface area contributed by atoms with Crippen LogP contribution < -0.4 is 0 Å². The fourth-order valence-electron chi connectivity index (χ4n) is 4.08. The molecule has 2 aliphatic heterocycles. The predicted octanol–water partition coefficient (Wildman–Crippen LogP) is 0.861. The van der Waals surface area contributed by atoms with Gasteiger partial charge in [0.2, 0.25) is 0 Å². The molecule has 1 aromatic rings. The molecule has 23 heavy (non-hydrogen) atoms.